The van der Waals surface area contributed by atoms with E-state index in [0.717, 1.165) is 17.4 Å². The zero-order valence-corrected chi connectivity index (χ0v) is 19.9. The largest absolute Gasteiger partial charge is 0.493 e. The molecule has 10 heteroatoms. The molecule has 0 aliphatic rings. The van der Waals surface area contributed by atoms with E-state index in [-0.39, 0.29) is 24.1 Å². The van der Waals surface area contributed by atoms with E-state index >= 15 is 0 Å². The molecular weight excluding hydrogens is 459 g/mol. The number of amides is 1. The number of rotatable bonds is 9. The number of carbonyl (C=O) groups is 1. The Morgan fingerprint density at radius 3 is 2.76 bits per heavy atom. The van der Waals surface area contributed by atoms with Crippen LogP contribution in [-0.4, -0.2) is 46.5 Å². The highest BCUT2D eigenvalue weighted by Crippen LogP contribution is 2.35. The Balaban J connectivity index is 1.54. The highest BCUT2D eigenvalue weighted by Gasteiger charge is 2.21. The summed E-state index contributed by atoms with van der Waals surface area (Å²) in [4.78, 5) is 17.1. The Bertz CT molecular complexity index is 1320. The molecule has 0 saturated heterocycles. The Kier molecular flexibility index (Phi) is 7.09. The molecule has 2 aromatic carbocycles. The average Bonchev–Trinajstić information content (AvgIpc) is 3.47. The van der Waals surface area contributed by atoms with E-state index in [4.69, 9.17) is 9.47 Å². The molecule has 0 aliphatic heterocycles. The number of aliphatic hydroxyl groups excluding tert-OH is 1. The topological polar surface area (TPSA) is 98.5 Å². The van der Waals surface area contributed by atoms with E-state index in [1.807, 2.05) is 18.4 Å². The lowest BCUT2D eigenvalue weighted by Crippen LogP contribution is -2.28. The van der Waals surface area contributed by atoms with Crippen LogP contribution in [0, 0.1) is 5.82 Å². The number of hydrogen-bond donors (Lipinski definition) is 2. The summed E-state index contributed by atoms with van der Waals surface area (Å²) in [5.41, 5.74) is 1.12. The minimum absolute atomic E-state index is 0.0816. The molecular formula is C24H25FN4O4S. The van der Waals surface area contributed by atoms with Gasteiger partial charge in [-0.3, -0.25) is 4.79 Å². The maximum absolute atomic E-state index is 14.2. The summed E-state index contributed by atoms with van der Waals surface area (Å²) >= 11 is 1.30. The molecule has 0 spiro atoms. The van der Waals surface area contributed by atoms with E-state index in [9.17, 15) is 14.3 Å². The SMILES string of the molecule is CCCn1nc(C(O)CNC(=O)c2ccc(OC)c(OC)c2)nc1-c1csc2c(F)cccc12. The van der Waals surface area contributed by atoms with Gasteiger partial charge in [0, 0.05) is 28.4 Å². The maximum atomic E-state index is 14.2. The standard InChI is InChI=1S/C24H25FN4O4S/c1-4-10-29-23(16-13-34-21-15(16)6-5-7-17(21)25)27-22(28-29)18(30)12-26-24(31)14-8-9-19(32-2)20(11-14)33-3/h5-9,11,13,18,30H,4,10,12H2,1-3H3,(H,26,31). The first-order chi connectivity index (χ1) is 16.5. The number of methoxy groups -OCH3 is 2. The number of aliphatic hydroxyl groups is 1. The molecule has 0 fully saturated rings. The number of hydrogen-bond acceptors (Lipinski definition) is 7. The van der Waals surface area contributed by atoms with Crippen molar-refractivity contribution in [3.8, 4) is 22.9 Å². The number of ether oxygens (including phenoxy) is 2. The first kappa shape index (κ1) is 23.7. The van der Waals surface area contributed by atoms with Crippen molar-refractivity contribution in [3.05, 3.63) is 59.0 Å². The second-order valence-electron chi connectivity index (χ2n) is 7.58. The van der Waals surface area contributed by atoms with Crippen molar-refractivity contribution in [2.45, 2.75) is 26.0 Å². The van der Waals surface area contributed by atoms with Gasteiger partial charge in [-0.2, -0.15) is 5.10 Å². The predicted molar refractivity (Wildman–Crippen MR) is 128 cm³/mol. The number of halogens is 1. The van der Waals surface area contributed by atoms with Gasteiger partial charge in [0.25, 0.3) is 5.91 Å². The van der Waals surface area contributed by atoms with E-state index in [0.29, 0.717) is 34.1 Å². The minimum Gasteiger partial charge on any atom is -0.493 e. The van der Waals surface area contributed by atoms with E-state index < -0.39 is 6.10 Å². The summed E-state index contributed by atoms with van der Waals surface area (Å²) in [5, 5.41) is 20.5. The number of nitrogens with zero attached hydrogens (tertiary/aromatic N) is 3. The minimum atomic E-state index is -1.12. The second-order valence-corrected chi connectivity index (χ2v) is 8.46. The Labute approximate surface area is 200 Å². The van der Waals surface area contributed by atoms with E-state index in [1.54, 1.807) is 28.9 Å². The normalized spacial score (nSPS) is 12.0. The molecule has 1 amide bonds. The summed E-state index contributed by atoms with van der Waals surface area (Å²) in [5.74, 6) is 1.02. The number of fused-ring (bicyclic) bond motifs is 1. The molecule has 34 heavy (non-hydrogen) atoms. The first-order valence-corrected chi connectivity index (χ1v) is 11.6. The van der Waals surface area contributed by atoms with Gasteiger partial charge in [0.15, 0.2) is 23.1 Å². The molecule has 4 aromatic rings. The average molecular weight is 485 g/mol. The summed E-state index contributed by atoms with van der Waals surface area (Å²) in [6.07, 6.45) is -0.319. The van der Waals surface area contributed by atoms with Crippen molar-refractivity contribution in [3.63, 3.8) is 0 Å². The van der Waals surface area contributed by atoms with Gasteiger partial charge < -0.3 is 19.9 Å². The lowest BCUT2D eigenvalue weighted by molar-refractivity contribution is 0.0911. The predicted octanol–water partition coefficient (Wildman–Crippen LogP) is 4.19. The molecule has 0 radical (unpaired) electrons. The van der Waals surface area contributed by atoms with Crippen LogP contribution in [0.1, 0.15) is 35.6 Å². The van der Waals surface area contributed by atoms with Crippen molar-refractivity contribution in [1.29, 1.82) is 0 Å². The van der Waals surface area contributed by atoms with Crippen LogP contribution in [0.15, 0.2) is 41.8 Å². The second kappa shape index (κ2) is 10.2. The third kappa shape index (κ3) is 4.59. The van der Waals surface area contributed by atoms with Crippen LogP contribution in [0.25, 0.3) is 21.5 Å². The van der Waals surface area contributed by atoms with Crippen molar-refractivity contribution >= 4 is 27.3 Å². The number of carbonyl (C=O) groups excluding carboxylic acids is 1. The fourth-order valence-electron chi connectivity index (χ4n) is 3.62. The molecule has 2 heterocycles. The zero-order chi connectivity index (χ0) is 24.2. The maximum Gasteiger partial charge on any atom is 0.251 e. The van der Waals surface area contributed by atoms with Crippen LogP contribution < -0.4 is 14.8 Å². The van der Waals surface area contributed by atoms with Crippen molar-refractivity contribution < 1.29 is 23.8 Å². The van der Waals surface area contributed by atoms with Gasteiger partial charge in [0.1, 0.15) is 11.9 Å². The molecule has 1 atom stereocenters. The van der Waals surface area contributed by atoms with Crippen molar-refractivity contribution in [2.24, 2.45) is 0 Å². The first-order valence-electron chi connectivity index (χ1n) is 10.8. The zero-order valence-electron chi connectivity index (χ0n) is 19.0. The molecule has 4 rings (SSSR count). The van der Waals surface area contributed by atoms with Gasteiger partial charge in [-0.1, -0.05) is 19.1 Å². The molecule has 178 valence electrons. The quantitative estimate of drug-likeness (QED) is 0.370. The summed E-state index contributed by atoms with van der Waals surface area (Å²) in [6, 6.07) is 9.74. The van der Waals surface area contributed by atoms with E-state index in [1.165, 1.54) is 31.6 Å². The molecule has 0 bridgehead atoms. The van der Waals surface area contributed by atoms with Gasteiger partial charge in [0.2, 0.25) is 0 Å². The summed E-state index contributed by atoms with van der Waals surface area (Å²) in [7, 11) is 3.01. The molecule has 1 unspecified atom stereocenters. The number of benzene rings is 2. The van der Waals surface area contributed by atoms with Gasteiger partial charge in [-0.15, -0.1) is 11.3 Å². The summed E-state index contributed by atoms with van der Waals surface area (Å²) < 4.78 is 26.9. The van der Waals surface area contributed by atoms with Crippen molar-refractivity contribution in [1.82, 2.24) is 20.1 Å². The van der Waals surface area contributed by atoms with Crippen LogP contribution in [0.4, 0.5) is 4.39 Å². The highest BCUT2D eigenvalue weighted by molar-refractivity contribution is 7.17. The third-order valence-electron chi connectivity index (χ3n) is 5.32. The van der Waals surface area contributed by atoms with Gasteiger partial charge >= 0.3 is 0 Å². The fraction of sp³-hybridized carbons (Fsp3) is 0.292. The molecule has 2 aromatic heterocycles. The van der Waals surface area contributed by atoms with E-state index in [2.05, 4.69) is 15.4 Å². The Hall–Kier alpha value is -3.50. The smallest absolute Gasteiger partial charge is 0.251 e. The lowest BCUT2D eigenvalue weighted by atomic mass is 10.1. The molecule has 0 saturated carbocycles. The number of nitrogens with one attached hydrogen (secondary N) is 1. The van der Waals surface area contributed by atoms with Crippen LogP contribution in [0.5, 0.6) is 11.5 Å². The third-order valence-corrected chi connectivity index (χ3v) is 6.32. The number of thiophene rings is 1. The van der Waals surface area contributed by atoms with Gasteiger partial charge in [-0.25, -0.2) is 14.1 Å². The highest BCUT2D eigenvalue weighted by atomic mass is 32.1. The van der Waals surface area contributed by atoms with Crippen LogP contribution >= 0.6 is 11.3 Å². The van der Waals surface area contributed by atoms with Crippen LogP contribution in [-0.2, 0) is 6.54 Å². The van der Waals surface area contributed by atoms with Crippen LogP contribution in [0.2, 0.25) is 0 Å². The number of aryl methyl sites for hydroxylation is 1. The molecule has 2 N–H and O–H groups in total. The monoisotopic (exact) mass is 484 g/mol. The molecule has 8 nitrogen and oxygen atoms in total. The van der Waals surface area contributed by atoms with Gasteiger partial charge in [0.05, 0.1) is 25.5 Å². The van der Waals surface area contributed by atoms with Crippen molar-refractivity contribution in [2.75, 3.05) is 20.8 Å². The summed E-state index contributed by atoms with van der Waals surface area (Å²) in [6.45, 7) is 2.51. The fourth-order valence-corrected chi connectivity index (χ4v) is 4.58. The van der Waals surface area contributed by atoms with Crippen LogP contribution in [0.3, 0.4) is 0 Å². The molecule has 0 aliphatic carbocycles. The lowest BCUT2D eigenvalue weighted by Gasteiger charge is -2.11. The van der Waals surface area contributed by atoms with Gasteiger partial charge in [-0.05, 0) is 30.7 Å². The Morgan fingerprint density at radius 2 is 2.03 bits per heavy atom. The number of aromatic nitrogens is 3. The Morgan fingerprint density at radius 1 is 1.24 bits per heavy atom.